The van der Waals surface area contributed by atoms with Gasteiger partial charge in [-0.05, 0) is 45.1 Å². The number of guanidine groups is 1. The number of hydrogen-bond donors (Lipinski definition) is 2. The largest absolute Gasteiger partial charge is 0.370 e. The van der Waals surface area contributed by atoms with E-state index < -0.39 is 0 Å². The van der Waals surface area contributed by atoms with Crippen molar-refractivity contribution in [3.05, 3.63) is 0 Å². The van der Waals surface area contributed by atoms with Crippen LogP contribution < -0.4 is 11.1 Å². The van der Waals surface area contributed by atoms with Gasteiger partial charge in [-0.1, -0.05) is 0 Å². The highest BCUT2D eigenvalue weighted by Gasteiger charge is 2.31. The summed E-state index contributed by atoms with van der Waals surface area (Å²) >= 11 is 0. The van der Waals surface area contributed by atoms with E-state index in [1.807, 2.05) is 0 Å². The standard InChI is InChI=1S/C12H22N4/c13-12(14-9-3-4-9)15-10-5-7-16-6-1-2-11(16)8-10/h9-11H,1-8H2,(H3,13,14,15). The quantitative estimate of drug-likeness (QED) is 0.533. The number of fused-ring (bicyclic) bond motifs is 1. The van der Waals surface area contributed by atoms with E-state index in [9.17, 15) is 0 Å². The minimum Gasteiger partial charge on any atom is -0.370 e. The van der Waals surface area contributed by atoms with Crippen molar-refractivity contribution in [2.45, 2.75) is 56.7 Å². The monoisotopic (exact) mass is 222 g/mol. The van der Waals surface area contributed by atoms with E-state index in [0.29, 0.717) is 18.0 Å². The molecule has 2 atom stereocenters. The van der Waals surface area contributed by atoms with E-state index in [0.717, 1.165) is 6.04 Å². The summed E-state index contributed by atoms with van der Waals surface area (Å²) in [5, 5.41) is 3.40. The van der Waals surface area contributed by atoms with Crippen LogP contribution in [0, 0.1) is 0 Å². The average Bonchev–Trinajstić information content (AvgIpc) is 2.95. The summed E-state index contributed by atoms with van der Waals surface area (Å²) in [6.07, 6.45) is 7.67. The summed E-state index contributed by atoms with van der Waals surface area (Å²) in [5.41, 5.74) is 5.91. The molecule has 0 spiro atoms. The Bertz CT molecular complexity index is 285. The van der Waals surface area contributed by atoms with Crippen LogP contribution in [0.1, 0.15) is 38.5 Å². The normalized spacial score (nSPS) is 36.1. The number of aliphatic imine (C=N–C) groups is 1. The lowest BCUT2D eigenvalue weighted by Gasteiger charge is -2.35. The molecule has 1 saturated carbocycles. The van der Waals surface area contributed by atoms with E-state index in [2.05, 4.69) is 15.2 Å². The third-order valence-electron chi connectivity index (χ3n) is 4.04. The smallest absolute Gasteiger partial charge is 0.189 e. The Morgan fingerprint density at radius 3 is 2.88 bits per heavy atom. The van der Waals surface area contributed by atoms with Crippen LogP contribution in [0.4, 0.5) is 0 Å². The van der Waals surface area contributed by atoms with Gasteiger partial charge in [0.15, 0.2) is 5.96 Å². The molecule has 90 valence electrons. The summed E-state index contributed by atoms with van der Waals surface area (Å²) in [5.74, 6) is 0.680. The molecule has 3 rings (SSSR count). The van der Waals surface area contributed by atoms with Crippen molar-refractivity contribution in [2.75, 3.05) is 13.1 Å². The highest BCUT2D eigenvalue weighted by Crippen LogP contribution is 2.27. The van der Waals surface area contributed by atoms with Gasteiger partial charge in [0.05, 0.1) is 6.04 Å². The number of hydrogen-bond acceptors (Lipinski definition) is 2. The molecular weight excluding hydrogens is 200 g/mol. The van der Waals surface area contributed by atoms with E-state index in [1.165, 1.54) is 51.6 Å². The summed E-state index contributed by atoms with van der Waals surface area (Å²) in [4.78, 5) is 7.07. The molecule has 1 aliphatic carbocycles. The maximum atomic E-state index is 5.91. The first kappa shape index (κ1) is 10.4. The molecule has 3 aliphatic rings. The first-order valence-corrected chi connectivity index (χ1v) is 6.65. The first-order valence-electron chi connectivity index (χ1n) is 6.65. The summed E-state index contributed by atoms with van der Waals surface area (Å²) in [6, 6.07) is 1.89. The van der Waals surface area contributed by atoms with Gasteiger partial charge in [0.25, 0.3) is 0 Å². The second-order valence-electron chi connectivity index (χ2n) is 5.44. The fraction of sp³-hybridized carbons (Fsp3) is 0.917. The zero-order valence-electron chi connectivity index (χ0n) is 9.86. The minimum absolute atomic E-state index is 0.527. The number of nitrogens with two attached hydrogens (primary N) is 1. The Morgan fingerprint density at radius 2 is 2.06 bits per heavy atom. The molecule has 0 aromatic rings. The van der Waals surface area contributed by atoms with Crippen LogP contribution in [0.2, 0.25) is 0 Å². The zero-order valence-corrected chi connectivity index (χ0v) is 9.86. The van der Waals surface area contributed by atoms with Gasteiger partial charge in [-0.15, -0.1) is 0 Å². The van der Waals surface area contributed by atoms with Crippen molar-refractivity contribution in [1.82, 2.24) is 10.2 Å². The summed E-state index contributed by atoms with van der Waals surface area (Å²) < 4.78 is 0. The fourth-order valence-electron chi connectivity index (χ4n) is 3.00. The van der Waals surface area contributed by atoms with Gasteiger partial charge in [0.2, 0.25) is 0 Å². The Morgan fingerprint density at radius 1 is 1.19 bits per heavy atom. The van der Waals surface area contributed by atoms with Crippen LogP contribution in [-0.2, 0) is 0 Å². The van der Waals surface area contributed by atoms with Gasteiger partial charge >= 0.3 is 0 Å². The SMILES string of the molecule is NC(=NC1CC1)NC1CCN2CCCC2C1. The second kappa shape index (κ2) is 4.24. The summed E-state index contributed by atoms with van der Waals surface area (Å²) in [6.45, 7) is 2.54. The topological polar surface area (TPSA) is 53.6 Å². The van der Waals surface area contributed by atoms with Crippen LogP contribution in [0.3, 0.4) is 0 Å². The van der Waals surface area contributed by atoms with Gasteiger partial charge in [-0.3, -0.25) is 4.99 Å². The van der Waals surface area contributed by atoms with E-state index in [1.54, 1.807) is 0 Å². The number of piperidine rings is 1. The lowest BCUT2D eigenvalue weighted by Crippen LogP contribution is -2.49. The molecule has 0 aromatic carbocycles. The molecule has 0 radical (unpaired) electrons. The van der Waals surface area contributed by atoms with Crippen molar-refractivity contribution in [1.29, 1.82) is 0 Å². The Kier molecular flexibility index (Phi) is 2.75. The first-order chi connectivity index (χ1) is 7.81. The fourth-order valence-corrected chi connectivity index (χ4v) is 3.00. The molecule has 0 bridgehead atoms. The van der Waals surface area contributed by atoms with Gasteiger partial charge in [0.1, 0.15) is 0 Å². The predicted octanol–water partition coefficient (Wildman–Crippen LogP) is 0.680. The van der Waals surface area contributed by atoms with Crippen LogP contribution in [0.5, 0.6) is 0 Å². The van der Waals surface area contributed by atoms with E-state index in [-0.39, 0.29) is 0 Å². The molecular formula is C12H22N4. The molecule has 0 aromatic heterocycles. The van der Waals surface area contributed by atoms with Crippen molar-refractivity contribution >= 4 is 5.96 Å². The number of rotatable bonds is 2. The Labute approximate surface area is 97.3 Å². The van der Waals surface area contributed by atoms with Crippen molar-refractivity contribution in [2.24, 2.45) is 10.7 Å². The van der Waals surface area contributed by atoms with Crippen molar-refractivity contribution in [3.63, 3.8) is 0 Å². The van der Waals surface area contributed by atoms with Gasteiger partial charge in [-0.2, -0.15) is 0 Å². The highest BCUT2D eigenvalue weighted by atomic mass is 15.2. The van der Waals surface area contributed by atoms with Gasteiger partial charge in [0, 0.05) is 18.6 Å². The maximum Gasteiger partial charge on any atom is 0.189 e. The van der Waals surface area contributed by atoms with Crippen LogP contribution in [-0.4, -0.2) is 42.1 Å². The molecule has 2 aliphatic heterocycles. The lowest BCUT2D eigenvalue weighted by molar-refractivity contribution is 0.175. The van der Waals surface area contributed by atoms with Crippen molar-refractivity contribution < 1.29 is 0 Å². The maximum absolute atomic E-state index is 5.91. The molecule has 2 unspecified atom stereocenters. The average molecular weight is 222 g/mol. The third kappa shape index (κ3) is 2.32. The van der Waals surface area contributed by atoms with Crippen LogP contribution in [0.25, 0.3) is 0 Å². The number of nitrogens with one attached hydrogen (secondary N) is 1. The highest BCUT2D eigenvalue weighted by molar-refractivity contribution is 5.78. The zero-order chi connectivity index (χ0) is 11.0. The molecule has 0 amide bonds. The molecule has 2 heterocycles. The summed E-state index contributed by atoms with van der Waals surface area (Å²) in [7, 11) is 0. The third-order valence-corrected chi connectivity index (χ3v) is 4.04. The molecule has 4 nitrogen and oxygen atoms in total. The lowest BCUT2D eigenvalue weighted by atomic mass is 9.98. The van der Waals surface area contributed by atoms with E-state index >= 15 is 0 Å². The van der Waals surface area contributed by atoms with Crippen molar-refractivity contribution in [3.8, 4) is 0 Å². The molecule has 3 fully saturated rings. The van der Waals surface area contributed by atoms with Gasteiger partial charge in [-0.25, -0.2) is 0 Å². The Balaban J connectivity index is 1.51. The second-order valence-corrected chi connectivity index (χ2v) is 5.44. The molecule has 2 saturated heterocycles. The Hall–Kier alpha value is -0.770. The molecule has 3 N–H and O–H groups in total. The minimum atomic E-state index is 0.527. The van der Waals surface area contributed by atoms with Crippen LogP contribution >= 0.6 is 0 Å². The predicted molar refractivity (Wildman–Crippen MR) is 65.4 cm³/mol. The number of nitrogens with zero attached hydrogens (tertiary/aromatic N) is 2. The van der Waals surface area contributed by atoms with Gasteiger partial charge < -0.3 is 16.0 Å². The van der Waals surface area contributed by atoms with E-state index in [4.69, 9.17) is 5.73 Å². The molecule has 4 heteroatoms. The molecule has 16 heavy (non-hydrogen) atoms. The van der Waals surface area contributed by atoms with Crippen LogP contribution in [0.15, 0.2) is 4.99 Å².